The van der Waals surface area contributed by atoms with Crippen molar-refractivity contribution in [3.63, 3.8) is 0 Å². The molecule has 0 atom stereocenters. The molecule has 0 bridgehead atoms. The molecule has 19 heavy (non-hydrogen) atoms. The molecule has 0 amide bonds. The fraction of sp³-hybridized carbons (Fsp3) is 0.0769. The van der Waals surface area contributed by atoms with Gasteiger partial charge in [0, 0.05) is 6.07 Å². The predicted octanol–water partition coefficient (Wildman–Crippen LogP) is 1.87. The van der Waals surface area contributed by atoms with Crippen LogP contribution in [0.15, 0.2) is 40.8 Å². The highest BCUT2D eigenvalue weighted by atomic mass is 16.5. The molecule has 0 aliphatic heterocycles. The van der Waals surface area contributed by atoms with Crippen LogP contribution >= 0.6 is 0 Å². The maximum absolute atomic E-state index is 11.6. The molecule has 6 heteroatoms. The number of rotatable bonds is 3. The van der Waals surface area contributed by atoms with Gasteiger partial charge in [-0.1, -0.05) is 0 Å². The van der Waals surface area contributed by atoms with Crippen LogP contribution in [-0.2, 0) is 4.74 Å². The summed E-state index contributed by atoms with van der Waals surface area (Å²) in [4.78, 5) is 22.9. The van der Waals surface area contributed by atoms with E-state index in [1.165, 1.54) is 43.5 Å². The van der Waals surface area contributed by atoms with E-state index in [2.05, 4.69) is 4.74 Å². The first-order chi connectivity index (χ1) is 9.10. The van der Waals surface area contributed by atoms with E-state index >= 15 is 0 Å². The molecule has 6 nitrogen and oxygen atoms in total. The van der Waals surface area contributed by atoms with Crippen LogP contribution < -0.4 is 10.5 Å². The van der Waals surface area contributed by atoms with Gasteiger partial charge in [-0.2, -0.15) is 0 Å². The summed E-state index contributed by atoms with van der Waals surface area (Å²) in [5.41, 5.74) is 5.72. The molecular formula is C13H11NO5. The zero-order chi connectivity index (χ0) is 13.8. The van der Waals surface area contributed by atoms with Gasteiger partial charge in [-0.05, 0) is 30.3 Å². The van der Waals surface area contributed by atoms with E-state index in [1.54, 1.807) is 0 Å². The van der Waals surface area contributed by atoms with E-state index in [9.17, 15) is 9.59 Å². The number of hydrogen-bond acceptors (Lipinski definition) is 6. The molecule has 0 spiro atoms. The van der Waals surface area contributed by atoms with Crippen molar-refractivity contribution >= 4 is 17.8 Å². The largest absolute Gasteiger partial charge is 0.465 e. The number of ether oxygens (including phenoxy) is 2. The quantitative estimate of drug-likeness (QED) is 0.669. The van der Waals surface area contributed by atoms with Crippen LogP contribution in [0.2, 0.25) is 0 Å². The maximum atomic E-state index is 11.6. The highest BCUT2D eigenvalue weighted by molar-refractivity contribution is 5.90. The Morgan fingerprint density at radius 3 is 2.26 bits per heavy atom. The average Bonchev–Trinajstić information content (AvgIpc) is 2.85. The number of hydrogen-bond donors (Lipinski definition) is 1. The summed E-state index contributed by atoms with van der Waals surface area (Å²) < 4.78 is 14.5. The summed E-state index contributed by atoms with van der Waals surface area (Å²) in [7, 11) is 1.29. The van der Waals surface area contributed by atoms with Crippen LogP contribution in [0.5, 0.6) is 5.75 Å². The minimum atomic E-state index is -0.664. The molecular weight excluding hydrogens is 250 g/mol. The fourth-order valence-corrected chi connectivity index (χ4v) is 1.40. The van der Waals surface area contributed by atoms with Crippen molar-refractivity contribution in [3.8, 4) is 5.75 Å². The third-order valence-corrected chi connectivity index (χ3v) is 2.31. The van der Waals surface area contributed by atoms with E-state index in [4.69, 9.17) is 14.9 Å². The Labute approximate surface area is 108 Å². The van der Waals surface area contributed by atoms with Crippen LogP contribution in [0.25, 0.3) is 0 Å². The molecule has 2 N–H and O–H groups in total. The number of anilines is 1. The lowest BCUT2D eigenvalue weighted by molar-refractivity contribution is 0.0600. The number of nitrogen functional groups attached to an aromatic ring is 1. The predicted molar refractivity (Wildman–Crippen MR) is 65.9 cm³/mol. The molecule has 2 aromatic rings. The highest BCUT2D eigenvalue weighted by Crippen LogP contribution is 2.16. The lowest BCUT2D eigenvalue weighted by atomic mass is 10.2. The summed E-state index contributed by atoms with van der Waals surface area (Å²) in [6.45, 7) is 0. The lowest BCUT2D eigenvalue weighted by Gasteiger charge is -2.03. The molecule has 0 saturated heterocycles. The number of methoxy groups -OCH3 is 1. The SMILES string of the molecule is COC(=O)c1ccc(OC(=O)c2ccc(N)o2)cc1. The number of esters is 2. The Bertz CT molecular complexity index is 600. The minimum Gasteiger partial charge on any atom is -0.465 e. The summed E-state index contributed by atoms with van der Waals surface area (Å²) in [6.07, 6.45) is 0. The Kier molecular flexibility index (Phi) is 3.51. The van der Waals surface area contributed by atoms with Gasteiger partial charge in [-0.25, -0.2) is 9.59 Å². The van der Waals surface area contributed by atoms with Crippen LogP contribution in [0, 0.1) is 0 Å². The van der Waals surface area contributed by atoms with Gasteiger partial charge in [0.2, 0.25) is 5.76 Å². The van der Waals surface area contributed by atoms with Crippen molar-refractivity contribution in [3.05, 3.63) is 47.7 Å². The number of carbonyl (C=O) groups is 2. The van der Waals surface area contributed by atoms with Gasteiger partial charge in [0.1, 0.15) is 5.75 Å². The first-order valence-corrected chi connectivity index (χ1v) is 5.36. The number of furan rings is 1. The van der Waals surface area contributed by atoms with Crippen molar-refractivity contribution in [1.29, 1.82) is 0 Å². The molecule has 1 heterocycles. The molecule has 0 fully saturated rings. The minimum absolute atomic E-state index is 0.00884. The molecule has 0 radical (unpaired) electrons. The second-order valence-electron chi connectivity index (χ2n) is 3.61. The topological polar surface area (TPSA) is 91.8 Å². The summed E-state index contributed by atoms with van der Waals surface area (Å²) >= 11 is 0. The highest BCUT2D eigenvalue weighted by Gasteiger charge is 2.13. The van der Waals surface area contributed by atoms with Gasteiger partial charge in [-0.3, -0.25) is 0 Å². The molecule has 1 aromatic heterocycles. The molecule has 0 unspecified atom stereocenters. The van der Waals surface area contributed by atoms with E-state index in [-0.39, 0.29) is 17.4 Å². The van der Waals surface area contributed by atoms with Crippen LogP contribution in [-0.4, -0.2) is 19.0 Å². The standard InChI is InChI=1S/C13H11NO5/c1-17-12(15)8-2-4-9(5-3-8)18-13(16)10-6-7-11(14)19-10/h2-7H,14H2,1H3. The monoisotopic (exact) mass is 261 g/mol. The van der Waals surface area contributed by atoms with Crippen molar-refractivity contribution in [2.45, 2.75) is 0 Å². The number of nitrogens with two attached hydrogens (primary N) is 1. The Hall–Kier alpha value is -2.76. The molecule has 1 aromatic carbocycles. The van der Waals surface area contributed by atoms with Crippen LogP contribution in [0.3, 0.4) is 0 Å². The van der Waals surface area contributed by atoms with E-state index in [0.29, 0.717) is 5.56 Å². The number of benzene rings is 1. The molecule has 2 rings (SSSR count). The van der Waals surface area contributed by atoms with Crippen molar-refractivity contribution in [1.82, 2.24) is 0 Å². The summed E-state index contributed by atoms with van der Waals surface area (Å²) in [6, 6.07) is 8.82. The molecule has 0 aliphatic carbocycles. The average molecular weight is 261 g/mol. The van der Waals surface area contributed by atoms with Crippen LogP contribution in [0.1, 0.15) is 20.9 Å². The maximum Gasteiger partial charge on any atom is 0.379 e. The second-order valence-corrected chi connectivity index (χ2v) is 3.61. The zero-order valence-electron chi connectivity index (χ0n) is 10.1. The van der Waals surface area contributed by atoms with Crippen molar-refractivity contribution < 1.29 is 23.5 Å². The van der Waals surface area contributed by atoms with Crippen LogP contribution in [0.4, 0.5) is 5.88 Å². The van der Waals surface area contributed by atoms with Gasteiger partial charge < -0.3 is 19.6 Å². The summed E-state index contributed by atoms with van der Waals surface area (Å²) in [5.74, 6) is -0.700. The van der Waals surface area contributed by atoms with E-state index in [1.807, 2.05) is 0 Å². The first-order valence-electron chi connectivity index (χ1n) is 5.36. The van der Waals surface area contributed by atoms with Crippen molar-refractivity contribution in [2.75, 3.05) is 12.8 Å². The smallest absolute Gasteiger partial charge is 0.379 e. The van der Waals surface area contributed by atoms with Gasteiger partial charge >= 0.3 is 11.9 Å². The van der Waals surface area contributed by atoms with Gasteiger partial charge in [0.15, 0.2) is 5.88 Å². The lowest BCUT2D eigenvalue weighted by Crippen LogP contribution is -2.07. The van der Waals surface area contributed by atoms with E-state index in [0.717, 1.165) is 0 Å². The zero-order valence-corrected chi connectivity index (χ0v) is 10.1. The molecule has 0 aliphatic rings. The van der Waals surface area contributed by atoms with Crippen molar-refractivity contribution in [2.24, 2.45) is 0 Å². The fourth-order valence-electron chi connectivity index (χ4n) is 1.40. The molecule has 0 saturated carbocycles. The normalized spacial score (nSPS) is 9.95. The third-order valence-electron chi connectivity index (χ3n) is 2.31. The third kappa shape index (κ3) is 2.92. The van der Waals surface area contributed by atoms with E-state index < -0.39 is 11.9 Å². The van der Waals surface area contributed by atoms with Gasteiger partial charge in [-0.15, -0.1) is 0 Å². The van der Waals surface area contributed by atoms with Gasteiger partial charge in [0.25, 0.3) is 0 Å². The molecule has 98 valence electrons. The second kappa shape index (κ2) is 5.26. The first kappa shape index (κ1) is 12.7. The Morgan fingerprint density at radius 1 is 1.05 bits per heavy atom. The number of carbonyl (C=O) groups excluding carboxylic acids is 2. The Morgan fingerprint density at radius 2 is 1.74 bits per heavy atom. The Balaban J connectivity index is 2.07. The summed E-state index contributed by atoms with van der Waals surface area (Å²) in [5, 5.41) is 0. The van der Waals surface area contributed by atoms with Gasteiger partial charge in [0.05, 0.1) is 12.7 Å².